The lowest BCUT2D eigenvalue weighted by Crippen LogP contribution is -2.10. The number of anilines is 2. The average Bonchev–Trinajstić information content (AvgIpc) is 2.22. The number of fused-ring (bicyclic) bond motifs is 1. The van der Waals surface area contributed by atoms with Crippen LogP contribution in [-0.2, 0) is 0 Å². The number of rotatable bonds is 2. The smallest absolute Gasteiger partial charge is 0.0424 e. The Labute approximate surface area is 95.7 Å². The number of aryl methyl sites for hydroxylation is 1. The van der Waals surface area contributed by atoms with E-state index in [0.29, 0.717) is 6.04 Å². The van der Waals surface area contributed by atoms with Gasteiger partial charge in [-0.15, -0.1) is 0 Å². The van der Waals surface area contributed by atoms with Crippen LogP contribution >= 0.6 is 0 Å². The first-order valence-electron chi connectivity index (χ1n) is 5.49. The fraction of sp³-hybridized carbons (Fsp3) is 0.308. The number of pyridine rings is 1. The Morgan fingerprint density at radius 1 is 1.25 bits per heavy atom. The largest absolute Gasteiger partial charge is 0.398 e. The molecular weight excluding hydrogens is 198 g/mol. The summed E-state index contributed by atoms with van der Waals surface area (Å²) in [6.07, 6.45) is 1.84. The summed E-state index contributed by atoms with van der Waals surface area (Å²) in [7, 11) is 0. The SMILES string of the molecule is Cc1cc2c(NC(C)C)ccc(N)c2cn1. The van der Waals surface area contributed by atoms with Crippen molar-refractivity contribution in [2.24, 2.45) is 0 Å². The number of nitrogens with two attached hydrogens (primary N) is 1. The first kappa shape index (κ1) is 10.7. The van der Waals surface area contributed by atoms with E-state index in [4.69, 9.17) is 5.73 Å². The summed E-state index contributed by atoms with van der Waals surface area (Å²) in [5.74, 6) is 0. The van der Waals surface area contributed by atoms with Gasteiger partial charge in [-0.3, -0.25) is 4.98 Å². The van der Waals surface area contributed by atoms with Crippen molar-refractivity contribution in [1.82, 2.24) is 4.98 Å². The van der Waals surface area contributed by atoms with Crippen LogP contribution in [0, 0.1) is 6.92 Å². The maximum atomic E-state index is 5.94. The maximum absolute atomic E-state index is 5.94. The Balaban J connectivity index is 2.65. The van der Waals surface area contributed by atoms with E-state index >= 15 is 0 Å². The second-order valence-electron chi connectivity index (χ2n) is 4.37. The second kappa shape index (κ2) is 4.00. The molecule has 0 saturated carbocycles. The van der Waals surface area contributed by atoms with Crippen molar-refractivity contribution in [3.05, 3.63) is 30.1 Å². The first-order valence-corrected chi connectivity index (χ1v) is 5.49. The molecule has 3 N–H and O–H groups in total. The van der Waals surface area contributed by atoms with Gasteiger partial charge in [-0.1, -0.05) is 0 Å². The molecule has 1 aromatic heterocycles. The molecular formula is C13H17N3. The van der Waals surface area contributed by atoms with E-state index in [1.807, 2.05) is 25.3 Å². The Morgan fingerprint density at radius 2 is 2.00 bits per heavy atom. The highest BCUT2D eigenvalue weighted by molar-refractivity contribution is 6.00. The van der Waals surface area contributed by atoms with Gasteiger partial charge in [0.15, 0.2) is 0 Å². The van der Waals surface area contributed by atoms with Gasteiger partial charge in [-0.2, -0.15) is 0 Å². The summed E-state index contributed by atoms with van der Waals surface area (Å²) in [5.41, 5.74) is 8.83. The molecule has 0 aliphatic carbocycles. The standard InChI is InChI=1S/C13H17N3/c1-8(2)16-13-5-4-12(14)11-7-15-9(3)6-10(11)13/h4-8,16H,14H2,1-3H3. The Bertz CT molecular complexity index is 518. The summed E-state index contributed by atoms with van der Waals surface area (Å²) in [4.78, 5) is 4.28. The zero-order chi connectivity index (χ0) is 11.7. The van der Waals surface area contributed by atoms with Gasteiger partial charge in [0.25, 0.3) is 0 Å². The van der Waals surface area contributed by atoms with Gasteiger partial charge in [0, 0.05) is 40.1 Å². The minimum atomic E-state index is 0.403. The van der Waals surface area contributed by atoms with Crippen molar-refractivity contribution in [3.8, 4) is 0 Å². The maximum Gasteiger partial charge on any atom is 0.0424 e. The molecule has 0 atom stereocenters. The molecule has 0 bridgehead atoms. The molecule has 0 saturated heterocycles. The Hall–Kier alpha value is -1.77. The van der Waals surface area contributed by atoms with E-state index in [9.17, 15) is 0 Å². The van der Waals surface area contributed by atoms with E-state index in [1.54, 1.807) is 0 Å². The molecule has 0 fully saturated rings. The topological polar surface area (TPSA) is 50.9 Å². The van der Waals surface area contributed by atoms with Crippen molar-refractivity contribution < 1.29 is 0 Å². The van der Waals surface area contributed by atoms with Crippen LogP contribution in [0.3, 0.4) is 0 Å². The normalized spacial score (nSPS) is 11.0. The molecule has 0 amide bonds. The van der Waals surface area contributed by atoms with Gasteiger partial charge in [0.05, 0.1) is 0 Å². The third-order valence-electron chi connectivity index (χ3n) is 2.52. The van der Waals surface area contributed by atoms with E-state index in [2.05, 4.69) is 30.2 Å². The van der Waals surface area contributed by atoms with E-state index in [-0.39, 0.29) is 0 Å². The van der Waals surface area contributed by atoms with Crippen LogP contribution in [0.15, 0.2) is 24.4 Å². The van der Waals surface area contributed by atoms with Crippen molar-refractivity contribution in [2.75, 3.05) is 11.1 Å². The number of aromatic nitrogens is 1. The minimum absolute atomic E-state index is 0.403. The number of nitrogen functional groups attached to an aromatic ring is 1. The Morgan fingerprint density at radius 3 is 2.69 bits per heavy atom. The lowest BCUT2D eigenvalue weighted by Gasteiger charge is -2.14. The molecule has 3 heteroatoms. The molecule has 2 rings (SSSR count). The van der Waals surface area contributed by atoms with Gasteiger partial charge in [-0.05, 0) is 39.0 Å². The third kappa shape index (κ3) is 1.94. The molecule has 16 heavy (non-hydrogen) atoms. The molecule has 1 heterocycles. The van der Waals surface area contributed by atoms with Gasteiger partial charge in [0.2, 0.25) is 0 Å². The predicted molar refractivity (Wildman–Crippen MR) is 69.7 cm³/mol. The van der Waals surface area contributed by atoms with Crippen LogP contribution in [-0.4, -0.2) is 11.0 Å². The Kier molecular flexibility index (Phi) is 2.69. The monoisotopic (exact) mass is 215 g/mol. The molecule has 2 aromatic rings. The third-order valence-corrected chi connectivity index (χ3v) is 2.52. The quantitative estimate of drug-likeness (QED) is 0.757. The van der Waals surface area contributed by atoms with Crippen LogP contribution in [0.25, 0.3) is 10.8 Å². The lowest BCUT2D eigenvalue weighted by molar-refractivity contribution is 0.902. The molecule has 0 spiro atoms. The molecule has 1 aromatic carbocycles. The van der Waals surface area contributed by atoms with Crippen LogP contribution in [0.2, 0.25) is 0 Å². The van der Waals surface area contributed by atoms with Crippen LogP contribution in [0.4, 0.5) is 11.4 Å². The van der Waals surface area contributed by atoms with Gasteiger partial charge in [-0.25, -0.2) is 0 Å². The van der Waals surface area contributed by atoms with E-state index < -0.39 is 0 Å². The highest BCUT2D eigenvalue weighted by atomic mass is 14.9. The zero-order valence-electron chi connectivity index (χ0n) is 9.91. The number of benzene rings is 1. The fourth-order valence-corrected chi connectivity index (χ4v) is 1.80. The molecule has 84 valence electrons. The molecule has 3 nitrogen and oxygen atoms in total. The van der Waals surface area contributed by atoms with Crippen molar-refractivity contribution in [2.45, 2.75) is 26.8 Å². The second-order valence-corrected chi connectivity index (χ2v) is 4.37. The molecule has 0 unspecified atom stereocenters. The molecule has 0 radical (unpaired) electrons. The average molecular weight is 215 g/mol. The fourth-order valence-electron chi connectivity index (χ4n) is 1.80. The minimum Gasteiger partial charge on any atom is -0.398 e. The summed E-state index contributed by atoms with van der Waals surface area (Å²) in [6.45, 7) is 6.23. The number of nitrogens with one attached hydrogen (secondary N) is 1. The van der Waals surface area contributed by atoms with E-state index in [1.165, 1.54) is 0 Å². The highest BCUT2D eigenvalue weighted by Gasteiger charge is 2.05. The summed E-state index contributed by atoms with van der Waals surface area (Å²) in [5, 5.41) is 5.57. The molecule has 0 aliphatic rings. The van der Waals surface area contributed by atoms with Gasteiger partial charge in [0.1, 0.15) is 0 Å². The number of hydrogen-bond donors (Lipinski definition) is 2. The predicted octanol–water partition coefficient (Wildman–Crippen LogP) is 2.95. The molecule has 0 aliphatic heterocycles. The van der Waals surface area contributed by atoms with Crippen LogP contribution in [0.1, 0.15) is 19.5 Å². The van der Waals surface area contributed by atoms with Crippen molar-refractivity contribution in [3.63, 3.8) is 0 Å². The summed E-state index contributed by atoms with van der Waals surface area (Å²) in [6, 6.07) is 6.41. The van der Waals surface area contributed by atoms with Gasteiger partial charge < -0.3 is 11.1 Å². The first-order chi connectivity index (χ1) is 7.58. The summed E-state index contributed by atoms with van der Waals surface area (Å²) < 4.78 is 0. The highest BCUT2D eigenvalue weighted by Crippen LogP contribution is 2.28. The number of hydrogen-bond acceptors (Lipinski definition) is 3. The number of nitrogens with zero attached hydrogens (tertiary/aromatic N) is 1. The van der Waals surface area contributed by atoms with Crippen LogP contribution in [0.5, 0.6) is 0 Å². The van der Waals surface area contributed by atoms with Crippen molar-refractivity contribution in [1.29, 1.82) is 0 Å². The van der Waals surface area contributed by atoms with Crippen LogP contribution < -0.4 is 11.1 Å². The van der Waals surface area contributed by atoms with E-state index in [0.717, 1.165) is 27.8 Å². The summed E-state index contributed by atoms with van der Waals surface area (Å²) >= 11 is 0. The zero-order valence-corrected chi connectivity index (χ0v) is 9.91. The van der Waals surface area contributed by atoms with Gasteiger partial charge >= 0.3 is 0 Å². The van der Waals surface area contributed by atoms with Crippen molar-refractivity contribution >= 4 is 22.1 Å². The lowest BCUT2D eigenvalue weighted by atomic mass is 10.1.